The fraction of sp³-hybridized carbons (Fsp3) is 0.218. The first kappa shape index (κ1) is 48.8. The highest BCUT2D eigenvalue weighted by Crippen LogP contribution is 2.33. The highest BCUT2D eigenvalue weighted by atomic mass is 32.2. The normalized spacial score (nSPS) is 13.7. The smallest absolute Gasteiger partial charge is 0.269 e. The van der Waals surface area contributed by atoms with Crippen molar-refractivity contribution in [1.82, 2.24) is 28.3 Å². The number of ether oxygens (including phenoxy) is 4. The zero-order chi connectivity index (χ0) is 51.8. The SMILES string of the molecule is COc1ccc(CCn2c(CCN3C(=O)c4ccccc4S3(=O)=O)nc3ccc(COc4cc(CCn5c(CCN6C(=O)c7cccc(O)c7C6=O)nc6ccccc6c5=O)ccc4OC)cc3c2=O)cc1OC. The van der Waals surface area contributed by atoms with E-state index in [0.717, 1.165) is 20.3 Å². The van der Waals surface area contributed by atoms with Gasteiger partial charge in [-0.05, 0) is 102 Å². The molecule has 2 aromatic heterocycles. The molecule has 1 N–H and O–H groups in total. The lowest BCUT2D eigenvalue weighted by molar-refractivity contribution is 0.0653. The molecule has 0 unspecified atom stereocenters. The second-order valence-corrected chi connectivity index (χ2v) is 19.5. The molecule has 18 nitrogen and oxygen atoms in total. The summed E-state index contributed by atoms with van der Waals surface area (Å²) in [6.45, 7) is 0.0696. The quantitative estimate of drug-likeness (QED) is 0.0957. The summed E-state index contributed by atoms with van der Waals surface area (Å²) in [6, 6.07) is 33.4. The Bertz CT molecular complexity index is 3840. The minimum Gasteiger partial charge on any atom is -0.507 e. The van der Waals surface area contributed by atoms with Crippen molar-refractivity contribution < 1.29 is 46.9 Å². The summed E-state index contributed by atoms with van der Waals surface area (Å²) in [5, 5.41) is 11.0. The molecule has 3 amide bonds. The Morgan fingerprint density at radius 2 is 1.09 bits per heavy atom. The Balaban J connectivity index is 0.892. The van der Waals surface area contributed by atoms with Crippen molar-refractivity contribution in [3.63, 3.8) is 0 Å². The van der Waals surface area contributed by atoms with Gasteiger partial charge < -0.3 is 24.1 Å². The van der Waals surface area contributed by atoms with Crippen LogP contribution < -0.4 is 30.1 Å². The summed E-state index contributed by atoms with van der Waals surface area (Å²) in [6.07, 6.45) is 0.771. The Morgan fingerprint density at radius 3 is 1.77 bits per heavy atom. The van der Waals surface area contributed by atoms with Gasteiger partial charge in [0.25, 0.3) is 38.9 Å². The Hall–Kier alpha value is -8.84. The van der Waals surface area contributed by atoms with Crippen LogP contribution >= 0.6 is 0 Å². The molecule has 10 rings (SSSR count). The van der Waals surface area contributed by atoms with E-state index in [4.69, 9.17) is 28.9 Å². The summed E-state index contributed by atoms with van der Waals surface area (Å²) >= 11 is 0. The zero-order valence-electron chi connectivity index (χ0n) is 40.4. The van der Waals surface area contributed by atoms with Gasteiger partial charge in [0.1, 0.15) is 28.9 Å². The molecule has 0 aliphatic carbocycles. The van der Waals surface area contributed by atoms with E-state index in [-0.39, 0.29) is 84.1 Å². The number of hydrogen-bond acceptors (Lipinski definition) is 14. The van der Waals surface area contributed by atoms with Gasteiger partial charge in [0.15, 0.2) is 23.0 Å². The molecule has 0 atom stereocenters. The minimum atomic E-state index is -4.11. The maximum absolute atomic E-state index is 14.6. The van der Waals surface area contributed by atoms with E-state index in [0.29, 0.717) is 74.9 Å². The first-order valence-electron chi connectivity index (χ1n) is 23.6. The monoisotopic (exact) mass is 1020 g/mol. The molecule has 74 heavy (non-hydrogen) atoms. The lowest BCUT2D eigenvalue weighted by Gasteiger charge is -2.18. The molecule has 0 bridgehead atoms. The number of carbonyl (C=O) groups is 3. The van der Waals surface area contributed by atoms with E-state index in [1.165, 1.54) is 56.2 Å². The van der Waals surface area contributed by atoms with Gasteiger partial charge >= 0.3 is 0 Å². The van der Waals surface area contributed by atoms with Crippen LogP contribution in [0.15, 0.2) is 136 Å². The predicted octanol–water partition coefficient (Wildman–Crippen LogP) is 6.13. The van der Waals surface area contributed by atoms with Crippen LogP contribution in [-0.2, 0) is 55.4 Å². The number of para-hydroxylation sites is 1. The van der Waals surface area contributed by atoms with Gasteiger partial charge in [-0.2, -0.15) is 0 Å². The van der Waals surface area contributed by atoms with Crippen molar-refractivity contribution in [3.05, 3.63) is 187 Å². The van der Waals surface area contributed by atoms with E-state index in [2.05, 4.69) is 0 Å². The van der Waals surface area contributed by atoms with Crippen molar-refractivity contribution in [1.29, 1.82) is 0 Å². The molecule has 2 aliphatic heterocycles. The van der Waals surface area contributed by atoms with Gasteiger partial charge in [-0.3, -0.25) is 38.0 Å². The number of rotatable bonds is 18. The molecule has 376 valence electrons. The highest BCUT2D eigenvalue weighted by Gasteiger charge is 2.41. The summed E-state index contributed by atoms with van der Waals surface area (Å²) in [4.78, 5) is 79.1. The second-order valence-electron chi connectivity index (χ2n) is 17.6. The number of methoxy groups -OCH3 is 3. The third-order valence-corrected chi connectivity index (χ3v) is 15.2. The number of aromatic nitrogens is 4. The molecular weight excluding hydrogens is 969 g/mol. The number of phenolic OH excluding ortho intramolecular Hbond substituents is 1. The van der Waals surface area contributed by atoms with Gasteiger partial charge in [0.05, 0.1) is 59.8 Å². The van der Waals surface area contributed by atoms with Crippen LogP contribution in [0, 0.1) is 0 Å². The third-order valence-electron chi connectivity index (χ3n) is 13.3. The van der Waals surface area contributed by atoms with Crippen molar-refractivity contribution in [2.75, 3.05) is 34.4 Å². The summed E-state index contributed by atoms with van der Waals surface area (Å²) in [5.74, 6) is 0.503. The molecule has 0 fully saturated rings. The maximum atomic E-state index is 14.6. The Kier molecular flexibility index (Phi) is 13.2. The Morgan fingerprint density at radius 1 is 0.514 bits per heavy atom. The van der Waals surface area contributed by atoms with Crippen LogP contribution in [0.25, 0.3) is 21.8 Å². The number of benzene rings is 6. The predicted molar refractivity (Wildman–Crippen MR) is 272 cm³/mol. The maximum Gasteiger partial charge on any atom is 0.269 e. The summed E-state index contributed by atoms with van der Waals surface area (Å²) < 4.78 is 53.8. The van der Waals surface area contributed by atoms with Crippen LogP contribution in [0.5, 0.6) is 28.7 Å². The lowest BCUT2D eigenvalue weighted by atomic mass is 10.1. The zero-order valence-corrected chi connectivity index (χ0v) is 41.3. The van der Waals surface area contributed by atoms with Gasteiger partial charge in [-0.1, -0.05) is 48.5 Å². The average Bonchev–Trinajstić information content (AvgIpc) is 3.78. The molecular formula is C55H48N6O12S. The largest absolute Gasteiger partial charge is 0.507 e. The van der Waals surface area contributed by atoms with Gasteiger partial charge in [-0.25, -0.2) is 22.7 Å². The first-order valence-corrected chi connectivity index (χ1v) is 25.1. The number of fused-ring (bicyclic) bond motifs is 4. The molecule has 0 saturated carbocycles. The number of nitrogens with zero attached hydrogens (tertiary/aromatic N) is 6. The third kappa shape index (κ3) is 8.95. The lowest BCUT2D eigenvalue weighted by Crippen LogP contribution is -2.34. The molecule has 0 spiro atoms. The number of carbonyl (C=O) groups excluding carboxylic acids is 3. The number of amides is 3. The molecule has 19 heteroatoms. The molecule has 2 aliphatic rings. The molecule has 6 aromatic carbocycles. The number of sulfonamides is 1. The standard InChI is InChI=1S/C55H48N6O12S/c1-70-43-19-16-33(30-45(43)72-3)21-26-59-49(24-28-61-54(66)37-10-5-7-14-47(37)74(61,68)69)57-41-18-15-35(29-39(41)53(59)65)32-73-46-31-34(17-20-44(46)71-2)22-25-58-48(56-40-12-6-4-9-36(40)51(58)63)23-27-60-52(64)38-11-8-13-42(62)50(38)55(60)67/h4-20,29-31,62H,21-28,32H2,1-3H3. The number of imide groups is 1. The van der Waals surface area contributed by atoms with Gasteiger partial charge in [0.2, 0.25) is 0 Å². The van der Waals surface area contributed by atoms with Gasteiger partial charge in [0, 0.05) is 39.0 Å². The molecule has 0 saturated heterocycles. The van der Waals surface area contributed by atoms with Crippen LogP contribution in [0.3, 0.4) is 0 Å². The fourth-order valence-electron chi connectivity index (χ4n) is 9.51. The van der Waals surface area contributed by atoms with E-state index >= 15 is 0 Å². The fourth-order valence-corrected chi connectivity index (χ4v) is 11.1. The van der Waals surface area contributed by atoms with E-state index < -0.39 is 27.7 Å². The van der Waals surface area contributed by atoms with E-state index in [9.17, 15) is 37.5 Å². The van der Waals surface area contributed by atoms with E-state index in [1.807, 2.05) is 24.3 Å². The van der Waals surface area contributed by atoms with Crippen molar-refractivity contribution >= 4 is 49.6 Å². The van der Waals surface area contributed by atoms with E-state index in [1.54, 1.807) is 71.3 Å². The second kappa shape index (κ2) is 20.0. The summed E-state index contributed by atoms with van der Waals surface area (Å²) in [5.41, 5.74) is 2.63. The van der Waals surface area contributed by atoms with Crippen molar-refractivity contribution in [2.24, 2.45) is 0 Å². The number of phenols is 1. The highest BCUT2D eigenvalue weighted by molar-refractivity contribution is 7.90. The van der Waals surface area contributed by atoms with Gasteiger partial charge in [-0.15, -0.1) is 0 Å². The molecule has 4 heterocycles. The van der Waals surface area contributed by atoms with Crippen molar-refractivity contribution in [3.8, 4) is 28.7 Å². The van der Waals surface area contributed by atoms with Crippen molar-refractivity contribution in [2.45, 2.75) is 50.3 Å². The Labute approximate surface area is 423 Å². The minimum absolute atomic E-state index is 0.0197. The first-order chi connectivity index (χ1) is 35.8. The van der Waals surface area contributed by atoms with Crippen LogP contribution in [-0.4, -0.2) is 94.0 Å². The van der Waals surface area contributed by atoms with Crippen LogP contribution in [0.2, 0.25) is 0 Å². The molecule has 8 aromatic rings. The number of aromatic hydroxyl groups is 1. The average molecular weight is 1020 g/mol. The molecule has 0 radical (unpaired) electrons. The number of hydrogen-bond donors (Lipinski definition) is 1. The van der Waals surface area contributed by atoms with Crippen LogP contribution in [0.4, 0.5) is 0 Å². The number of aryl methyl sites for hydroxylation is 2. The van der Waals surface area contributed by atoms with Crippen LogP contribution in [0.1, 0.15) is 59.4 Å². The topological polar surface area (TPSA) is 219 Å². The summed E-state index contributed by atoms with van der Waals surface area (Å²) in [7, 11) is 0.479.